The van der Waals surface area contributed by atoms with E-state index >= 15 is 0 Å². The number of hydrogen-bond acceptors (Lipinski definition) is 6. The first kappa shape index (κ1) is 15.9. The lowest BCUT2D eigenvalue weighted by Crippen LogP contribution is -2.33. The highest BCUT2D eigenvalue weighted by Gasteiger charge is 2.21. The van der Waals surface area contributed by atoms with Crippen molar-refractivity contribution in [3.8, 4) is 0 Å². The number of nitrogens with zero attached hydrogens (tertiary/aromatic N) is 4. The Morgan fingerprint density at radius 2 is 2.12 bits per heavy atom. The van der Waals surface area contributed by atoms with Crippen LogP contribution in [0.1, 0.15) is 60.5 Å². The summed E-state index contributed by atoms with van der Waals surface area (Å²) in [6, 6.07) is 1.19. The molecule has 1 amide bonds. The third-order valence-corrected chi connectivity index (χ3v) is 3.56. The first-order valence-electron chi connectivity index (χ1n) is 7.58. The number of carbonyl (C=O) groups is 1. The lowest BCUT2D eigenvalue weighted by Gasteiger charge is -2.09. The van der Waals surface area contributed by atoms with Gasteiger partial charge in [-0.05, 0) is 13.8 Å². The standard InChI is InChI=1S/C15H18N6O3/c1-7(2)12-18-14(24-20-12)9(4)17-13(22)10-6-16-11-5-8(3)19-21(11)15(10)23/h5-7,9,19H,1-4H3,(H,17,22). The fourth-order valence-electron chi connectivity index (χ4n) is 2.23. The molecule has 3 aromatic rings. The molecule has 9 nitrogen and oxygen atoms in total. The summed E-state index contributed by atoms with van der Waals surface area (Å²) in [4.78, 5) is 33.1. The maximum absolute atomic E-state index is 12.4. The normalized spacial score (nSPS) is 12.7. The van der Waals surface area contributed by atoms with Gasteiger partial charge in [-0.1, -0.05) is 19.0 Å². The maximum atomic E-state index is 12.4. The van der Waals surface area contributed by atoms with Gasteiger partial charge in [0.1, 0.15) is 11.6 Å². The first-order valence-corrected chi connectivity index (χ1v) is 7.58. The van der Waals surface area contributed by atoms with Gasteiger partial charge >= 0.3 is 0 Å². The van der Waals surface area contributed by atoms with Crippen molar-refractivity contribution in [2.45, 2.75) is 39.7 Å². The van der Waals surface area contributed by atoms with Crippen LogP contribution in [0.2, 0.25) is 0 Å². The molecule has 24 heavy (non-hydrogen) atoms. The lowest BCUT2D eigenvalue weighted by molar-refractivity contribution is 0.0930. The molecule has 0 saturated carbocycles. The molecule has 0 spiro atoms. The second kappa shape index (κ2) is 5.91. The number of carbonyl (C=O) groups excluding carboxylic acids is 1. The van der Waals surface area contributed by atoms with Crippen molar-refractivity contribution >= 4 is 11.6 Å². The zero-order valence-electron chi connectivity index (χ0n) is 13.8. The highest BCUT2D eigenvalue weighted by atomic mass is 16.5. The number of aryl methyl sites for hydroxylation is 1. The Hall–Kier alpha value is -2.97. The summed E-state index contributed by atoms with van der Waals surface area (Å²) >= 11 is 0. The van der Waals surface area contributed by atoms with Gasteiger partial charge in [-0.15, -0.1) is 0 Å². The molecule has 3 rings (SSSR count). The third kappa shape index (κ3) is 2.80. The number of hydrogen-bond donors (Lipinski definition) is 2. The molecular weight excluding hydrogens is 312 g/mol. The second-order valence-corrected chi connectivity index (χ2v) is 5.95. The van der Waals surface area contributed by atoms with Gasteiger partial charge in [0.2, 0.25) is 5.89 Å². The van der Waals surface area contributed by atoms with Crippen molar-refractivity contribution in [1.82, 2.24) is 30.1 Å². The van der Waals surface area contributed by atoms with Crippen molar-refractivity contribution in [3.63, 3.8) is 0 Å². The Morgan fingerprint density at radius 1 is 1.38 bits per heavy atom. The molecule has 3 aromatic heterocycles. The minimum atomic E-state index is -0.550. The highest BCUT2D eigenvalue weighted by Crippen LogP contribution is 2.15. The SMILES string of the molecule is Cc1cc2ncc(C(=O)NC(C)c3nc(C(C)C)no3)c(=O)n2[nH]1. The predicted octanol–water partition coefficient (Wildman–Crippen LogP) is 1.33. The Bertz CT molecular complexity index is 952. The number of rotatable bonds is 4. The van der Waals surface area contributed by atoms with E-state index in [0.29, 0.717) is 11.5 Å². The molecule has 0 saturated heterocycles. The number of aromatic amines is 1. The minimum Gasteiger partial charge on any atom is -0.340 e. The van der Waals surface area contributed by atoms with Gasteiger partial charge in [0.15, 0.2) is 11.5 Å². The van der Waals surface area contributed by atoms with E-state index in [-0.39, 0.29) is 17.4 Å². The lowest BCUT2D eigenvalue weighted by atomic mass is 10.2. The van der Waals surface area contributed by atoms with Gasteiger partial charge in [-0.2, -0.15) is 4.98 Å². The summed E-state index contributed by atoms with van der Waals surface area (Å²) in [5, 5.41) is 9.38. The molecule has 0 aromatic carbocycles. The summed E-state index contributed by atoms with van der Waals surface area (Å²) in [6.07, 6.45) is 1.26. The van der Waals surface area contributed by atoms with E-state index in [4.69, 9.17) is 4.52 Å². The van der Waals surface area contributed by atoms with Crippen LogP contribution in [0.3, 0.4) is 0 Å². The number of aromatic nitrogens is 5. The zero-order chi connectivity index (χ0) is 17.4. The van der Waals surface area contributed by atoms with Crippen LogP contribution < -0.4 is 10.9 Å². The van der Waals surface area contributed by atoms with Gasteiger partial charge in [0, 0.05) is 23.9 Å². The van der Waals surface area contributed by atoms with Crippen LogP contribution in [0, 0.1) is 6.92 Å². The summed E-state index contributed by atoms with van der Waals surface area (Å²) in [7, 11) is 0. The minimum absolute atomic E-state index is 0.0650. The predicted molar refractivity (Wildman–Crippen MR) is 84.8 cm³/mol. The van der Waals surface area contributed by atoms with Crippen molar-refractivity contribution < 1.29 is 9.32 Å². The molecule has 0 radical (unpaired) electrons. The molecule has 1 atom stereocenters. The summed E-state index contributed by atoms with van der Waals surface area (Å²) < 4.78 is 6.38. The van der Waals surface area contributed by atoms with Crippen LogP contribution in [-0.4, -0.2) is 30.6 Å². The number of nitrogens with one attached hydrogen (secondary N) is 2. The molecule has 9 heteroatoms. The Kier molecular flexibility index (Phi) is 3.92. The topological polar surface area (TPSA) is 118 Å². The van der Waals surface area contributed by atoms with Crippen molar-refractivity contribution in [2.75, 3.05) is 0 Å². The summed E-state index contributed by atoms with van der Waals surface area (Å²) in [5.74, 6) is 0.428. The van der Waals surface area contributed by atoms with Gasteiger partial charge in [-0.25, -0.2) is 9.50 Å². The largest absolute Gasteiger partial charge is 0.340 e. The van der Waals surface area contributed by atoms with E-state index in [2.05, 4.69) is 25.5 Å². The van der Waals surface area contributed by atoms with Crippen LogP contribution in [0.4, 0.5) is 0 Å². The molecule has 0 fully saturated rings. The number of H-pyrrole nitrogens is 1. The fraction of sp³-hybridized carbons (Fsp3) is 0.400. The molecule has 0 aliphatic carbocycles. The van der Waals surface area contributed by atoms with E-state index < -0.39 is 17.5 Å². The van der Waals surface area contributed by atoms with Crippen LogP contribution in [-0.2, 0) is 0 Å². The summed E-state index contributed by atoms with van der Waals surface area (Å²) in [6.45, 7) is 7.39. The van der Waals surface area contributed by atoms with Gasteiger partial charge in [0.05, 0.1) is 0 Å². The first-order chi connectivity index (χ1) is 11.4. The monoisotopic (exact) mass is 330 g/mol. The third-order valence-electron chi connectivity index (χ3n) is 3.56. The molecular formula is C15H18N6O3. The fourth-order valence-corrected chi connectivity index (χ4v) is 2.23. The molecule has 0 aliphatic heterocycles. The zero-order valence-corrected chi connectivity index (χ0v) is 13.8. The van der Waals surface area contributed by atoms with Crippen LogP contribution in [0.25, 0.3) is 5.65 Å². The van der Waals surface area contributed by atoms with E-state index in [1.807, 2.05) is 13.8 Å². The average Bonchev–Trinajstić information content (AvgIpc) is 3.13. The van der Waals surface area contributed by atoms with E-state index in [0.717, 1.165) is 5.69 Å². The van der Waals surface area contributed by atoms with Gasteiger partial charge < -0.3 is 9.84 Å². The number of fused-ring (bicyclic) bond motifs is 1. The van der Waals surface area contributed by atoms with Crippen LogP contribution >= 0.6 is 0 Å². The highest BCUT2D eigenvalue weighted by molar-refractivity contribution is 5.93. The van der Waals surface area contributed by atoms with Gasteiger partial charge in [0.25, 0.3) is 11.5 Å². The second-order valence-electron chi connectivity index (χ2n) is 5.95. The molecule has 2 N–H and O–H groups in total. The van der Waals surface area contributed by atoms with E-state index in [9.17, 15) is 9.59 Å². The maximum Gasteiger partial charge on any atom is 0.285 e. The number of amides is 1. The van der Waals surface area contributed by atoms with Gasteiger partial charge in [-0.3, -0.25) is 14.7 Å². The van der Waals surface area contributed by atoms with E-state index in [1.54, 1.807) is 19.9 Å². The Morgan fingerprint density at radius 3 is 2.79 bits per heavy atom. The molecule has 126 valence electrons. The van der Waals surface area contributed by atoms with Crippen LogP contribution in [0.5, 0.6) is 0 Å². The smallest absolute Gasteiger partial charge is 0.285 e. The van der Waals surface area contributed by atoms with Crippen molar-refractivity contribution in [2.24, 2.45) is 0 Å². The summed E-state index contributed by atoms with van der Waals surface area (Å²) in [5.41, 5.74) is 0.703. The molecule has 1 unspecified atom stereocenters. The Balaban J connectivity index is 1.83. The van der Waals surface area contributed by atoms with E-state index in [1.165, 1.54) is 10.7 Å². The quantitative estimate of drug-likeness (QED) is 0.745. The van der Waals surface area contributed by atoms with Crippen LogP contribution in [0.15, 0.2) is 21.6 Å². The molecule has 0 aliphatic rings. The van der Waals surface area contributed by atoms with Crippen molar-refractivity contribution in [1.29, 1.82) is 0 Å². The molecule has 0 bridgehead atoms. The molecule has 3 heterocycles. The van der Waals surface area contributed by atoms with Crippen molar-refractivity contribution in [3.05, 3.63) is 45.6 Å². The Labute approximate surface area is 137 Å². The average molecular weight is 330 g/mol.